The molecule has 0 unspecified atom stereocenters. The minimum Gasteiger partial charge on any atom is -0.304 e. The van der Waals surface area contributed by atoms with Crippen LogP contribution >= 0.6 is 0 Å². The van der Waals surface area contributed by atoms with Crippen molar-refractivity contribution in [2.45, 2.75) is 19.9 Å². The lowest BCUT2D eigenvalue weighted by Crippen LogP contribution is -2.52. The summed E-state index contributed by atoms with van der Waals surface area (Å²) in [5, 5.41) is 0. The Kier molecular flexibility index (Phi) is 5.42. The van der Waals surface area contributed by atoms with Gasteiger partial charge in [-0.25, -0.2) is 0 Å². The van der Waals surface area contributed by atoms with Crippen molar-refractivity contribution in [1.82, 2.24) is 19.6 Å². The van der Waals surface area contributed by atoms with Crippen LogP contribution in [0.3, 0.4) is 0 Å². The van der Waals surface area contributed by atoms with Gasteiger partial charge in [0.1, 0.15) is 0 Å². The molecule has 0 spiro atoms. The maximum atomic E-state index is 2.64. The van der Waals surface area contributed by atoms with Gasteiger partial charge in [0, 0.05) is 71.5 Å². The molecule has 18 heavy (non-hydrogen) atoms. The molecule has 0 aliphatic carbocycles. The van der Waals surface area contributed by atoms with Crippen molar-refractivity contribution in [2.75, 3.05) is 72.5 Å². The minimum atomic E-state index is 0.713. The maximum Gasteiger partial charge on any atom is 0.0113 e. The normalized spacial score (nSPS) is 26.0. The second-order valence-corrected chi connectivity index (χ2v) is 6.12. The topological polar surface area (TPSA) is 13.0 Å². The lowest BCUT2D eigenvalue weighted by atomic mass is 10.2. The molecule has 0 saturated carbocycles. The molecule has 2 aliphatic heterocycles. The van der Waals surface area contributed by atoms with E-state index in [-0.39, 0.29) is 0 Å². The average molecular weight is 254 g/mol. The summed E-state index contributed by atoms with van der Waals surface area (Å²) in [5.74, 6) is 0. The van der Waals surface area contributed by atoms with Gasteiger partial charge in [-0.2, -0.15) is 0 Å². The van der Waals surface area contributed by atoms with E-state index < -0.39 is 0 Å². The summed E-state index contributed by atoms with van der Waals surface area (Å²) in [7, 11) is 2.22. The average Bonchev–Trinajstić information content (AvgIpc) is 2.38. The van der Waals surface area contributed by atoms with E-state index in [4.69, 9.17) is 0 Å². The van der Waals surface area contributed by atoms with E-state index >= 15 is 0 Å². The predicted octanol–water partition coefficient (Wildman–Crippen LogP) is 0.260. The third-order valence-electron chi connectivity index (χ3n) is 4.47. The second-order valence-electron chi connectivity index (χ2n) is 6.12. The monoisotopic (exact) mass is 254 g/mol. The highest BCUT2D eigenvalue weighted by molar-refractivity contribution is 4.76. The molecule has 4 heteroatoms. The Morgan fingerprint density at radius 3 is 1.61 bits per heavy atom. The summed E-state index contributed by atoms with van der Waals surface area (Å²) in [5.41, 5.74) is 0. The lowest BCUT2D eigenvalue weighted by Gasteiger charge is -2.38. The second kappa shape index (κ2) is 6.85. The van der Waals surface area contributed by atoms with Crippen LogP contribution in [-0.4, -0.2) is 98.1 Å². The van der Waals surface area contributed by atoms with Crippen molar-refractivity contribution < 1.29 is 0 Å². The van der Waals surface area contributed by atoms with Crippen molar-refractivity contribution in [3.8, 4) is 0 Å². The fourth-order valence-electron chi connectivity index (χ4n) is 2.86. The quantitative estimate of drug-likeness (QED) is 0.713. The fraction of sp³-hybridized carbons (Fsp3) is 1.00. The highest BCUT2D eigenvalue weighted by atomic mass is 15.3. The van der Waals surface area contributed by atoms with E-state index in [0.29, 0.717) is 6.04 Å². The molecule has 0 aromatic carbocycles. The zero-order valence-corrected chi connectivity index (χ0v) is 12.4. The van der Waals surface area contributed by atoms with Gasteiger partial charge in [-0.05, 0) is 20.9 Å². The number of hydrogen-bond donors (Lipinski definition) is 0. The molecule has 4 nitrogen and oxygen atoms in total. The molecule has 2 aliphatic rings. The molecule has 0 aromatic heterocycles. The van der Waals surface area contributed by atoms with Crippen LogP contribution < -0.4 is 0 Å². The van der Waals surface area contributed by atoms with Crippen molar-refractivity contribution in [3.63, 3.8) is 0 Å². The summed E-state index contributed by atoms with van der Waals surface area (Å²) >= 11 is 0. The van der Waals surface area contributed by atoms with Gasteiger partial charge in [0.15, 0.2) is 0 Å². The van der Waals surface area contributed by atoms with Gasteiger partial charge in [-0.3, -0.25) is 14.7 Å². The van der Waals surface area contributed by atoms with Gasteiger partial charge in [-0.1, -0.05) is 0 Å². The Balaban J connectivity index is 1.60. The SMILES string of the molecule is CC(C)N1CCN(CCN2CCN(C)CC2)CC1. The van der Waals surface area contributed by atoms with E-state index in [1.54, 1.807) is 0 Å². The van der Waals surface area contributed by atoms with Gasteiger partial charge in [0.25, 0.3) is 0 Å². The van der Waals surface area contributed by atoms with Crippen LogP contribution in [0.2, 0.25) is 0 Å². The molecule has 2 rings (SSSR count). The minimum absolute atomic E-state index is 0.713. The molecule has 2 heterocycles. The van der Waals surface area contributed by atoms with Crippen molar-refractivity contribution in [2.24, 2.45) is 0 Å². The fourth-order valence-corrected chi connectivity index (χ4v) is 2.86. The zero-order chi connectivity index (χ0) is 13.0. The summed E-state index contributed by atoms with van der Waals surface area (Å²) < 4.78 is 0. The molecule has 0 amide bonds. The largest absolute Gasteiger partial charge is 0.304 e. The maximum absolute atomic E-state index is 2.64. The summed E-state index contributed by atoms with van der Waals surface area (Å²) in [6, 6.07) is 0.713. The number of rotatable bonds is 4. The highest BCUT2D eigenvalue weighted by Gasteiger charge is 2.20. The number of hydrogen-bond acceptors (Lipinski definition) is 4. The molecular weight excluding hydrogens is 224 g/mol. The molecule has 0 N–H and O–H groups in total. The van der Waals surface area contributed by atoms with Crippen LogP contribution in [0.1, 0.15) is 13.8 Å². The van der Waals surface area contributed by atoms with Crippen LogP contribution in [0.15, 0.2) is 0 Å². The molecule has 0 bridgehead atoms. The van der Waals surface area contributed by atoms with Crippen LogP contribution in [0, 0.1) is 0 Å². The predicted molar refractivity (Wildman–Crippen MR) is 77.1 cm³/mol. The molecular formula is C14H30N4. The van der Waals surface area contributed by atoms with E-state index in [1.165, 1.54) is 65.4 Å². The van der Waals surface area contributed by atoms with Gasteiger partial charge >= 0.3 is 0 Å². The number of likely N-dealkylation sites (N-methyl/N-ethyl adjacent to an activating group) is 1. The summed E-state index contributed by atoms with van der Waals surface area (Å²) in [6.45, 7) is 17.1. The van der Waals surface area contributed by atoms with E-state index in [9.17, 15) is 0 Å². The Hall–Kier alpha value is -0.160. The first kappa shape index (κ1) is 14.3. The first-order chi connectivity index (χ1) is 8.65. The van der Waals surface area contributed by atoms with Crippen LogP contribution in [-0.2, 0) is 0 Å². The van der Waals surface area contributed by atoms with Gasteiger partial charge in [-0.15, -0.1) is 0 Å². The Morgan fingerprint density at radius 2 is 1.17 bits per heavy atom. The third kappa shape index (κ3) is 4.19. The van der Waals surface area contributed by atoms with Crippen LogP contribution in [0.25, 0.3) is 0 Å². The van der Waals surface area contributed by atoms with E-state index in [2.05, 4.69) is 40.5 Å². The van der Waals surface area contributed by atoms with Gasteiger partial charge < -0.3 is 4.90 Å². The molecule has 2 saturated heterocycles. The molecule has 0 aromatic rings. The van der Waals surface area contributed by atoms with Crippen LogP contribution in [0.5, 0.6) is 0 Å². The van der Waals surface area contributed by atoms with Crippen LogP contribution in [0.4, 0.5) is 0 Å². The summed E-state index contributed by atoms with van der Waals surface area (Å²) in [6.07, 6.45) is 0. The zero-order valence-electron chi connectivity index (χ0n) is 12.4. The van der Waals surface area contributed by atoms with Gasteiger partial charge in [0.2, 0.25) is 0 Å². The molecule has 2 fully saturated rings. The molecule has 0 radical (unpaired) electrons. The molecule has 0 atom stereocenters. The molecule has 106 valence electrons. The standard InChI is InChI=1S/C14H30N4/c1-14(2)18-12-10-17(11-13-18)9-8-16-6-4-15(3)5-7-16/h14H,4-13H2,1-3H3. The van der Waals surface area contributed by atoms with E-state index in [1.807, 2.05) is 0 Å². The smallest absolute Gasteiger partial charge is 0.0113 e. The Bertz CT molecular complexity index is 228. The lowest BCUT2D eigenvalue weighted by molar-refractivity contribution is 0.0881. The highest BCUT2D eigenvalue weighted by Crippen LogP contribution is 2.06. The Labute approximate surface area is 113 Å². The van der Waals surface area contributed by atoms with Crippen molar-refractivity contribution >= 4 is 0 Å². The van der Waals surface area contributed by atoms with E-state index in [0.717, 1.165) is 0 Å². The summed E-state index contributed by atoms with van der Waals surface area (Å²) in [4.78, 5) is 10.3. The third-order valence-corrected chi connectivity index (χ3v) is 4.47. The first-order valence-electron chi connectivity index (χ1n) is 7.52. The number of piperazine rings is 2. The van der Waals surface area contributed by atoms with Gasteiger partial charge in [0.05, 0.1) is 0 Å². The van der Waals surface area contributed by atoms with Crippen molar-refractivity contribution in [1.29, 1.82) is 0 Å². The Morgan fingerprint density at radius 1 is 0.722 bits per heavy atom. The number of nitrogens with zero attached hydrogens (tertiary/aromatic N) is 4. The first-order valence-corrected chi connectivity index (χ1v) is 7.52. The van der Waals surface area contributed by atoms with Crippen molar-refractivity contribution in [3.05, 3.63) is 0 Å².